The summed E-state index contributed by atoms with van der Waals surface area (Å²) in [5.74, 6) is 0.391. The third kappa shape index (κ3) is 4.32. The number of aliphatic hydroxyl groups is 1. The van der Waals surface area contributed by atoms with Gasteiger partial charge in [-0.25, -0.2) is 0 Å². The number of benzene rings is 2. The Labute approximate surface area is 131 Å². The highest BCUT2D eigenvalue weighted by Gasteiger charge is 2.30. The Balaban J connectivity index is 2.35. The number of rotatable bonds is 6. The fraction of sp³-hybridized carbons (Fsp3) is 0.235. The predicted octanol–water partition coefficient (Wildman–Crippen LogP) is 3.95. The van der Waals surface area contributed by atoms with Crippen LogP contribution in [0.4, 0.5) is 13.2 Å². The second kappa shape index (κ2) is 7.28. The summed E-state index contributed by atoms with van der Waals surface area (Å²) in [6.07, 6.45) is -3.31. The average molecular weight is 324 g/mol. The summed E-state index contributed by atoms with van der Waals surface area (Å²) in [7, 11) is 0. The smallest absolute Gasteiger partial charge is 0.416 e. The normalized spacial score (nSPS) is 11.3. The Morgan fingerprint density at radius 3 is 2.35 bits per heavy atom. The molecule has 0 aliphatic rings. The van der Waals surface area contributed by atoms with Gasteiger partial charge in [-0.15, -0.1) is 0 Å². The van der Waals surface area contributed by atoms with Gasteiger partial charge in [0.2, 0.25) is 0 Å². The van der Waals surface area contributed by atoms with E-state index in [4.69, 9.17) is 9.84 Å². The molecule has 0 radical (unpaired) electrons. The summed E-state index contributed by atoms with van der Waals surface area (Å²) in [6, 6.07) is 9.44. The van der Waals surface area contributed by atoms with Crippen molar-refractivity contribution in [1.82, 2.24) is 0 Å². The molecule has 0 atom stereocenters. The molecule has 2 rings (SSSR count). The zero-order valence-electron chi connectivity index (χ0n) is 12.1. The number of carbonyl (C=O) groups is 1. The minimum Gasteiger partial charge on any atom is -0.493 e. The molecule has 0 aromatic heterocycles. The molecule has 0 heterocycles. The van der Waals surface area contributed by atoms with Crippen molar-refractivity contribution in [3.05, 3.63) is 53.6 Å². The Kier molecular flexibility index (Phi) is 5.39. The SMILES string of the molecule is O=Cc1ccc(-c2ccc(C(F)(F)F)cc2)c(OCCCO)c1. The molecule has 0 aliphatic heterocycles. The zero-order chi connectivity index (χ0) is 16.9. The molecule has 6 heteroatoms. The van der Waals surface area contributed by atoms with E-state index in [9.17, 15) is 18.0 Å². The first-order chi connectivity index (χ1) is 11.0. The van der Waals surface area contributed by atoms with Gasteiger partial charge in [0, 0.05) is 24.2 Å². The van der Waals surface area contributed by atoms with Crippen molar-refractivity contribution in [3.8, 4) is 16.9 Å². The monoisotopic (exact) mass is 324 g/mol. The molecular formula is C17H15F3O3. The number of hydrogen-bond acceptors (Lipinski definition) is 3. The standard InChI is InChI=1S/C17H15F3O3/c18-17(19,20)14-5-3-13(4-6-14)15-7-2-12(11-22)10-16(15)23-9-1-8-21/h2-7,10-11,21H,1,8-9H2. The van der Waals surface area contributed by atoms with Gasteiger partial charge in [0.15, 0.2) is 0 Å². The topological polar surface area (TPSA) is 46.5 Å². The van der Waals surface area contributed by atoms with Gasteiger partial charge in [-0.1, -0.05) is 18.2 Å². The molecule has 0 aliphatic carbocycles. The van der Waals surface area contributed by atoms with Crippen LogP contribution < -0.4 is 4.74 Å². The highest BCUT2D eigenvalue weighted by Crippen LogP contribution is 2.34. The van der Waals surface area contributed by atoms with Crippen LogP contribution in [-0.2, 0) is 6.18 Å². The van der Waals surface area contributed by atoms with E-state index in [1.165, 1.54) is 18.2 Å². The minimum atomic E-state index is -4.39. The van der Waals surface area contributed by atoms with Gasteiger partial charge < -0.3 is 9.84 Å². The highest BCUT2D eigenvalue weighted by atomic mass is 19.4. The molecule has 2 aromatic carbocycles. The van der Waals surface area contributed by atoms with Crippen LogP contribution in [0, 0.1) is 0 Å². The Bertz CT molecular complexity index is 664. The third-order valence-electron chi connectivity index (χ3n) is 3.22. The van der Waals surface area contributed by atoms with Crippen LogP contribution in [0.15, 0.2) is 42.5 Å². The lowest BCUT2D eigenvalue weighted by molar-refractivity contribution is -0.137. The van der Waals surface area contributed by atoms with Gasteiger partial charge in [-0.2, -0.15) is 13.2 Å². The quantitative estimate of drug-likeness (QED) is 0.646. The molecule has 0 unspecified atom stereocenters. The van der Waals surface area contributed by atoms with Gasteiger partial charge in [-0.3, -0.25) is 4.79 Å². The lowest BCUT2D eigenvalue weighted by Crippen LogP contribution is -2.04. The number of halogens is 3. The summed E-state index contributed by atoms with van der Waals surface area (Å²) >= 11 is 0. The highest BCUT2D eigenvalue weighted by molar-refractivity contribution is 5.80. The van der Waals surface area contributed by atoms with Crippen molar-refractivity contribution in [2.75, 3.05) is 13.2 Å². The van der Waals surface area contributed by atoms with Crippen LogP contribution in [0.3, 0.4) is 0 Å². The fourth-order valence-corrected chi connectivity index (χ4v) is 2.06. The second-order valence-corrected chi connectivity index (χ2v) is 4.87. The van der Waals surface area contributed by atoms with Gasteiger partial charge in [0.05, 0.1) is 12.2 Å². The molecule has 0 spiro atoms. The Hall–Kier alpha value is -2.34. The number of hydrogen-bond donors (Lipinski definition) is 1. The Morgan fingerprint density at radius 1 is 1.09 bits per heavy atom. The maximum absolute atomic E-state index is 12.6. The molecule has 3 nitrogen and oxygen atoms in total. The molecule has 0 bridgehead atoms. The molecule has 23 heavy (non-hydrogen) atoms. The first-order valence-electron chi connectivity index (χ1n) is 6.96. The summed E-state index contributed by atoms with van der Waals surface area (Å²) in [5, 5.41) is 8.80. The Morgan fingerprint density at radius 2 is 1.78 bits per heavy atom. The minimum absolute atomic E-state index is 0.0387. The first-order valence-corrected chi connectivity index (χ1v) is 6.96. The molecule has 0 amide bonds. The van der Waals surface area contributed by atoms with Crippen LogP contribution in [0.2, 0.25) is 0 Å². The van der Waals surface area contributed by atoms with Crippen molar-refractivity contribution in [1.29, 1.82) is 0 Å². The number of alkyl halides is 3. The largest absolute Gasteiger partial charge is 0.493 e. The van der Waals surface area contributed by atoms with Crippen LogP contribution in [0.5, 0.6) is 5.75 Å². The number of ether oxygens (including phenoxy) is 1. The van der Waals surface area contributed by atoms with E-state index in [0.29, 0.717) is 35.1 Å². The lowest BCUT2D eigenvalue weighted by atomic mass is 10.0. The van der Waals surface area contributed by atoms with E-state index in [0.717, 1.165) is 12.1 Å². The maximum atomic E-state index is 12.6. The van der Waals surface area contributed by atoms with E-state index >= 15 is 0 Å². The maximum Gasteiger partial charge on any atom is 0.416 e. The molecule has 1 N–H and O–H groups in total. The van der Waals surface area contributed by atoms with Crippen LogP contribution in [-0.4, -0.2) is 24.6 Å². The van der Waals surface area contributed by atoms with E-state index < -0.39 is 11.7 Å². The summed E-state index contributed by atoms with van der Waals surface area (Å²) in [4.78, 5) is 10.9. The molecular weight excluding hydrogens is 309 g/mol. The first kappa shape index (κ1) is 17.0. The van der Waals surface area contributed by atoms with Gasteiger partial charge in [0.25, 0.3) is 0 Å². The van der Waals surface area contributed by atoms with Crippen LogP contribution >= 0.6 is 0 Å². The fourth-order valence-electron chi connectivity index (χ4n) is 2.06. The predicted molar refractivity (Wildman–Crippen MR) is 79.5 cm³/mol. The molecule has 122 valence electrons. The summed E-state index contributed by atoms with van der Waals surface area (Å²) < 4.78 is 43.4. The van der Waals surface area contributed by atoms with E-state index in [1.54, 1.807) is 12.1 Å². The number of aliphatic hydroxyl groups excluding tert-OH is 1. The van der Waals surface area contributed by atoms with E-state index in [-0.39, 0.29) is 13.2 Å². The third-order valence-corrected chi connectivity index (χ3v) is 3.22. The van der Waals surface area contributed by atoms with Gasteiger partial charge >= 0.3 is 6.18 Å². The van der Waals surface area contributed by atoms with Crippen LogP contribution in [0.25, 0.3) is 11.1 Å². The lowest BCUT2D eigenvalue weighted by Gasteiger charge is -2.13. The van der Waals surface area contributed by atoms with Crippen molar-refractivity contribution in [2.45, 2.75) is 12.6 Å². The van der Waals surface area contributed by atoms with Crippen molar-refractivity contribution in [2.24, 2.45) is 0 Å². The van der Waals surface area contributed by atoms with Crippen molar-refractivity contribution in [3.63, 3.8) is 0 Å². The van der Waals surface area contributed by atoms with Gasteiger partial charge in [0.1, 0.15) is 12.0 Å². The van der Waals surface area contributed by atoms with Crippen molar-refractivity contribution < 1.29 is 27.8 Å². The van der Waals surface area contributed by atoms with E-state index in [1.807, 2.05) is 0 Å². The van der Waals surface area contributed by atoms with Crippen LogP contribution in [0.1, 0.15) is 22.3 Å². The number of carbonyl (C=O) groups excluding carboxylic acids is 1. The summed E-state index contributed by atoms with van der Waals surface area (Å²) in [5.41, 5.74) is 0.810. The second-order valence-electron chi connectivity index (χ2n) is 4.87. The molecule has 0 saturated heterocycles. The molecule has 2 aromatic rings. The van der Waals surface area contributed by atoms with E-state index in [2.05, 4.69) is 0 Å². The molecule has 0 fully saturated rings. The summed E-state index contributed by atoms with van der Waals surface area (Å²) in [6.45, 7) is 0.204. The van der Waals surface area contributed by atoms with Crippen molar-refractivity contribution >= 4 is 6.29 Å². The molecule has 0 saturated carbocycles. The van der Waals surface area contributed by atoms with Gasteiger partial charge in [-0.05, 0) is 29.8 Å². The number of aldehydes is 1. The zero-order valence-corrected chi connectivity index (χ0v) is 12.1. The average Bonchev–Trinajstić information content (AvgIpc) is 2.54.